The van der Waals surface area contributed by atoms with Crippen molar-refractivity contribution >= 4 is 23.9 Å². The van der Waals surface area contributed by atoms with Gasteiger partial charge in [-0.2, -0.15) is 0 Å². The van der Waals surface area contributed by atoms with Gasteiger partial charge >= 0.3 is 18.0 Å². The van der Waals surface area contributed by atoms with Crippen LogP contribution in [0.15, 0.2) is 66.7 Å². The van der Waals surface area contributed by atoms with E-state index in [1.54, 1.807) is 13.0 Å². The molecule has 0 bridgehead atoms. The molecule has 0 spiro atoms. The van der Waals surface area contributed by atoms with E-state index in [1.807, 2.05) is 67.6 Å². The maximum atomic E-state index is 13.5. The van der Waals surface area contributed by atoms with Crippen LogP contribution in [0.3, 0.4) is 0 Å². The number of amides is 2. The van der Waals surface area contributed by atoms with E-state index in [4.69, 9.17) is 9.47 Å². The molecule has 214 valence electrons. The van der Waals surface area contributed by atoms with Crippen LogP contribution in [-0.4, -0.2) is 72.7 Å². The van der Waals surface area contributed by atoms with Gasteiger partial charge in [0.15, 0.2) is 0 Å². The Balaban J connectivity index is 1.60. The Labute approximate surface area is 239 Å². The first-order valence-electron chi connectivity index (χ1n) is 13.7. The molecule has 2 amide bonds. The van der Waals surface area contributed by atoms with Crippen LogP contribution in [0.5, 0.6) is 0 Å². The highest BCUT2D eigenvalue weighted by Gasteiger charge is 2.29. The summed E-state index contributed by atoms with van der Waals surface area (Å²) in [4.78, 5) is 57.2. The van der Waals surface area contributed by atoms with E-state index in [-0.39, 0.29) is 25.1 Å². The lowest BCUT2D eigenvalue weighted by Crippen LogP contribution is -2.49. The Hall–Kier alpha value is -4.57. The van der Waals surface area contributed by atoms with Crippen molar-refractivity contribution in [3.8, 4) is 22.4 Å². The Morgan fingerprint density at radius 2 is 1.66 bits per heavy atom. The van der Waals surface area contributed by atoms with Crippen LogP contribution in [0, 0.1) is 6.92 Å². The monoisotopic (exact) mass is 558 g/mol. The molecule has 0 aliphatic carbocycles. The van der Waals surface area contributed by atoms with Gasteiger partial charge in [-0.25, -0.2) is 14.6 Å². The lowest BCUT2D eigenvalue weighted by Gasteiger charge is -2.26. The Kier molecular flexibility index (Phi) is 10.2. The molecular formula is C31H34N4O6. The number of hydrogen-bond acceptors (Lipinski definition) is 8. The van der Waals surface area contributed by atoms with E-state index in [2.05, 4.69) is 15.6 Å². The first-order chi connectivity index (χ1) is 19.8. The molecule has 1 aliphatic rings. The number of carbonyl (C=O) groups excluding carboxylic acids is 4. The Morgan fingerprint density at radius 1 is 0.951 bits per heavy atom. The van der Waals surface area contributed by atoms with E-state index >= 15 is 0 Å². The maximum Gasteiger partial charge on any atom is 0.417 e. The van der Waals surface area contributed by atoms with Gasteiger partial charge in [0.1, 0.15) is 11.7 Å². The van der Waals surface area contributed by atoms with Crippen molar-refractivity contribution in [2.75, 3.05) is 32.8 Å². The van der Waals surface area contributed by atoms with Gasteiger partial charge in [0.2, 0.25) is 0 Å². The summed E-state index contributed by atoms with van der Waals surface area (Å²) < 4.78 is 10.1. The molecule has 1 saturated heterocycles. The molecule has 2 N–H and O–H groups in total. The molecule has 2 heterocycles. The number of nitrogens with zero attached hydrogens (tertiary/aromatic N) is 2. The molecule has 1 aromatic heterocycles. The molecule has 3 aromatic rings. The number of piperazine rings is 1. The SMILES string of the molecule is CCOC(=O)CCC(NC(=O)c1cc(-c2ccccc2)cc(-c2ccc(C)cc2)n1)C(=O)OC(=O)N1CCNCC1. The van der Waals surface area contributed by atoms with Crippen molar-refractivity contribution in [2.45, 2.75) is 32.7 Å². The van der Waals surface area contributed by atoms with Crippen molar-refractivity contribution in [1.82, 2.24) is 20.5 Å². The number of hydrogen-bond donors (Lipinski definition) is 2. The molecule has 10 heteroatoms. The van der Waals surface area contributed by atoms with Crippen LogP contribution in [0.2, 0.25) is 0 Å². The van der Waals surface area contributed by atoms with Crippen LogP contribution in [-0.2, 0) is 19.1 Å². The summed E-state index contributed by atoms with van der Waals surface area (Å²) in [6.07, 6.45) is -1.05. The third kappa shape index (κ3) is 8.21. The third-order valence-corrected chi connectivity index (χ3v) is 6.61. The number of nitrogens with one attached hydrogen (secondary N) is 2. The number of esters is 2. The zero-order chi connectivity index (χ0) is 29.2. The van der Waals surface area contributed by atoms with E-state index in [0.717, 1.165) is 22.3 Å². The Morgan fingerprint density at radius 3 is 2.34 bits per heavy atom. The van der Waals surface area contributed by atoms with Crippen LogP contribution in [0.1, 0.15) is 35.8 Å². The smallest absolute Gasteiger partial charge is 0.417 e. The van der Waals surface area contributed by atoms with Crippen molar-refractivity contribution in [1.29, 1.82) is 0 Å². The van der Waals surface area contributed by atoms with E-state index in [9.17, 15) is 19.2 Å². The maximum absolute atomic E-state index is 13.5. The molecule has 10 nitrogen and oxygen atoms in total. The van der Waals surface area contributed by atoms with Crippen molar-refractivity contribution in [3.63, 3.8) is 0 Å². The fourth-order valence-corrected chi connectivity index (χ4v) is 4.36. The summed E-state index contributed by atoms with van der Waals surface area (Å²) in [5.74, 6) is -2.13. The second kappa shape index (κ2) is 14.2. The fraction of sp³-hybridized carbons (Fsp3) is 0.323. The summed E-state index contributed by atoms with van der Waals surface area (Å²) in [6, 6.07) is 19.6. The van der Waals surface area contributed by atoms with Crippen LogP contribution < -0.4 is 10.6 Å². The predicted molar refractivity (Wildman–Crippen MR) is 153 cm³/mol. The first-order valence-corrected chi connectivity index (χ1v) is 13.7. The molecule has 1 atom stereocenters. The van der Waals surface area contributed by atoms with Crippen molar-refractivity contribution in [3.05, 3.63) is 78.0 Å². The number of rotatable bonds is 9. The molecule has 1 aliphatic heterocycles. The van der Waals surface area contributed by atoms with Crippen molar-refractivity contribution in [2.24, 2.45) is 0 Å². The molecule has 1 unspecified atom stereocenters. The second-order valence-corrected chi connectivity index (χ2v) is 9.65. The van der Waals surface area contributed by atoms with Gasteiger partial charge in [-0.15, -0.1) is 0 Å². The highest BCUT2D eigenvalue weighted by atomic mass is 16.6. The topological polar surface area (TPSA) is 127 Å². The van der Waals surface area contributed by atoms with Gasteiger partial charge < -0.3 is 25.0 Å². The number of aryl methyl sites for hydroxylation is 1. The standard InChI is InChI=1S/C31H34N4O6/c1-3-40-28(36)14-13-25(30(38)41-31(39)35-17-15-32-16-18-35)34-29(37)27-20-24(22-7-5-4-6-8-22)19-26(33-27)23-11-9-21(2)10-12-23/h4-12,19-20,25,32H,3,13-18H2,1-2H3,(H,34,37). The minimum Gasteiger partial charge on any atom is -0.466 e. The molecule has 0 radical (unpaired) electrons. The van der Waals surface area contributed by atoms with Gasteiger partial charge in [-0.3, -0.25) is 9.59 Å². The van der Waals surface area contributed by atoms with Crippen molar-refractivity contribution < 1.29 is 28.7 Å². The summed E-state index contributed by atoms with van der Waals surface area (Å²) in [6.45, 7) is 5.79. The van der Waals surface area contributed by atoms with Crippen LogP contribution >= 0.6 is 0 Å². The average molecular weight is 559 g/mol. The zero-order valence-electron chi connectivity index (χ0n) is 23.2. The van der Waals surface area contributed by atoms with Gasteiger partial charge in [-0.05, 0) is 43.5 Å². The predicted octanol–water partition coefficient (Wildman–Crippen LogP) is 3.73. The van der Waals surface area contributed by atoms with Gasteiger partial charge in [-0.1, -0.05) is 60.2 Å². The highest BCUT2D eigenvalue weighted by Crippen LogP contribution is 2.26. The molecular weight excluding hydrogens is 524 g/mol. The Bertz CT molecular complexity index is 1370. The summed E-state index contributed by atoms with van der Waals surface area (Å²) in [7, 11) is 0. The zero-order valence-corrected chi connectivity index (χ0v) is 23.2. The minimum atomic E-state index is -1.27. The fourth-order valence-electron chi connectivity index (χ4n) is 4.36. The third-order valence-electron chi connectivity index (χ3n) is 6.61. The molecule has 2 aromatic carbocycles. The number of benzene rings is 2. The lowest BCUT2D eigenvalue weighted by atomic mass is 10.0. The average Bonchev–Trinajstić information content (AvgIpc) is 3.00. The lowest BCUT2D eigenvalue weighted by molar-refractivity contribution is -0.144. The quantitative estimate of drug-likeness (QED) is 0.301. The minimum absolute atomic E-state index is 0.0734. The van der Waals surface area contributed by atoms with E-state index in [1.165, 1.54) is 4.90 Å². The van der Waals surface area contributed by atoms with E-state index < -0.39 is 30.0 Å². The van der Waals surface area contributed by atoms with Crippen LogP contribution in [0.4, 0.5) is 4.79 Å². The summed E-state index contributed by atoms with van der Waals surface area (Å²) in [5, 5.41) is 5.76. The van der Waals surface area contributed by atoms with Gasteiger partial charge in [0.25, 0.3) is 5.91 Å². The number of ether oxygens (including phenoxy) is 2. The number of pyridine rings is 1. The van der Waals surface area contributed by atoms with Gasteiger partial charge in [0.05, 0.1) is 12.3 Å². The number of aromatic nitrogens is 1. The second-order valence-electron chi connectivity index (χ2n) is 9.65. The first kappa shape index (κ1) is 29.4. The summed E-state index contributed by atoms with van der Waals surface area (Å²) >= 11 is 0. The molecule has 0 saturated carbocycles. The largest absolute Gasteiger partial charge is 0.466 e. The van der Waals surface area contributed by atoms with Crippen LogP contribution in [0.25, 0.3) is 22.4 Å². The van der Waals surface area contributed by atoms with E-state index in [0.29, 0.717) is 31.9 Å². The molecule has 41 heavy (non-hydrogen) atoms. The molecule has 4 rings (SSSR count). The molecule has 1 fully saturated rings. The van der Waals surface area contributed by atoms with Gasteiger partial charge in [0, 0.05) is 38.2 Å². The highest BCUT2D eigenvalue weighted by molar-refractivity contribution is 5.98. The number of carbonyl (C=O) groups is 4. The summed E-state index contributed by atoms with van der Waals surface area (Å²) in [5.41, 5.74) is 4.21. The normalized spacial score (nSPS) is 13.7.